The molecule has 6 nitrogen and oxygen atoms in total. The average molecular weight is 315 g/mol. The smallest absolute Gasteiger partial charge is 0.407 e. The molecule has 0 aliphatic carbocycles. The van der Waals surface area contributed by atoms with Crippen LogP contribution >= 0.6 is 0 Å². The summed E-state index contributed by atoms with van der Waals surface area (Å²) in [5, 5.41) is 2.80. The number of hydrogen-bond donors (Lipinski definition) is 2. The summed E-state index contributed by atoms with van der Waals surface area (Å²) in [6, 6.07) is 0.254. The number of carbonyl (C=O) groups excluding carboxylic acids is 1. The molecule has 0 saturated carbocycles. The molecule has 0 bridgehead atoms. The van der Waals surface area contributed by atoms with E-state index in [1.54, 1.807) is 0 Å². The molecule has 6 heteroatoms. The molecule has 1 aliphatic heterocycles. The number of alkyl carbamates (subject to hydrolysis) is 1. The first kappa shape index (κ1) is 19.2. The van der Waals surface area contributed by atoms with Crippen molar-refractivity contribution in [2.24, 2.45) is 5.73 Å². The summed E-state index contributed by atoms with van der Waals surface area (Å²) in [6.45, 7) is 11.6. The molecule has 0 spiro atoms. The molecular formula is C16H33N3O3. The highest BCUT2D eigenvalue weighted by atomic mass is 16.6. The van der Waals surface area contributed by atoms with Crippen LogP contribution in [0.25, 0.3) is 0 Å². The van der Waals surface area contributed by atoms with Gasteiger partial charge in [0.1, 0.15) is 5.60 Å². The molecule has 1 fully saturated rings. The maximum atomic E-state index is 11.6. The van der Waals surface area contributed by atoms with E-state index in [1.165, 1.54) is 0 Å². The van der Waals surface area contributed by atoms with Crippen LogP contribution in [0.3, 0.4) is 0 Å². The van der Waals surface area contributed by atoms with E-state index in [9.17, 15) is 4.79 Å². The molecule has 2 unspecified atom stereocenters. The maximum absolute atomic E-state index is 11.6. The van der Waals surface area contributed by atoms with E-state index in [-0.39, 0.29) is 12.1 Å². The third kappa shape index (κ3) is 7.42. The fourth-order valence-corrected chi connectivity index (χ4v) is 2.69. The molecule has 1 rings (SSSR count). The van der Waals surface area contributed by atoms with Gasteiger partial charge in [-0.3, -0.25) is 4.90 Å². The van der Waals surface area contributed by atoms with Gasteiger partial charge in [0.05, 0.1) is 6.10 Å². The molecule has 1 amide bonds. The Balaban J connectivity index is 2.34. The molecule has 130 valence electrons. The molecule has 0 radical (unpaired) electrons. The summed E-state index contributed by atoms with van der Waals surface area (Å²) in [5.41, 5.74) is 5.45. The van der Waals surface area contributed by atoms with Crippen LogP contribution < -0.4 is 11.1 Å². The summed E-state index contributed by atoms with van der Waals surface area (Å²) in [4.78, 5) is 14.0. The third-order valence-corrected chi connectivity index (χ3v) is 3.80. The standard InChI is InChI=1S/C16H33N3O3/c1-5-19(12-14-7-6-10-21-14)13(11-17)8-9-18-15(20)22-16(2,3)4/h13-14H,5-12,17H2,1-4H3,(H,18,20). The Bertz CT molecular complexity index is 325. The number of hydrogen-bond acceptors (Lipinski definition) is 5. The molecule has 0 aromatic rings. The van der Waals surface area contributed by atoms with E-state index in [0.717, 1.165) is 39.0 Å². The van der Waals surface area contributed by atoms with Crippen molar-refractivity contribution in [3.63, 3.8) is 0 Å². The molecule has 22 heavy (non-hydrogen) atoms. The van der Waals surface area contributed by atoms with Crippen molar-refractivity contribution in [2.75, 3.05) is 32.8 Å². The molecular weight excluding hydrogens is 282 g/mol. The highest BCUT2D eigenvalue weighted by Crippen LogP contribution is 2.15. The average Bonchev–Trinajstić information content (AvgIpc) is 2.92. The van der Waals surface area contributed by atoms with Gasteiger partial charge in [0, 0.05) is 32.3 Å². The van der Waals surface area contributed by atoms with Crippen LogP contribution in [0.15, 0.2) is 0 Å². The molecule has 1 saturated heterocycles. The monoisotopic (exact) mass is 315 g/mol. The highest BCUT2D eigenvalue weighted by Gasteiger charge is 2.23. The van der Waals surface area contributed by atoms with E-state index in [4.69, 9.17) is 15.2 Å². The number of likely N-dealkylation sites (N-methyl/N-ethyl adjacent to an activating group) is 1. The Hall–Kier alpha value is -0.850. The Labute approximate surface area is 134 Å². The van der Waals surface area contributed by atoms with Crippen molar-refractivity contribution in [3.05, 3.63) is 0 Å². The van der Waals surface area contributed by atoms with Crippen LogP contribution in [0.4, 0.5) is 4.79 Å². The largest absolute Gasteiger partial charge is 0.444 e. The van der Waals surface area contributed by atoms with Crippen molar-refractivity contribution in [1.29, 1.82) is 0 Å². The summed E-state index contributed by atoms with van der Waals surface area (Å²) in [6.07, 6.45) is 3.05. The molecule has 2 atom stereocenters. The van der Waals surface area contributed by atoms with E-state index in [0.29, 0.717) is 19.2 Å². The van der Waals surface area contributed by atoms with E-state index >= 15 is 0 Å². The predicted molar refractivity (Wildman–Crippen MR) is 87.9 cm³/mol. The number of ether oxygens (including phenoxy) is 2. The number of nitrogens with zero attached hydrogens (tertiary/aromatic N) is 1. The minimum atomic E-state index is -0.466. The summed E-state index contributed by atoms with van der Waals surface area (Å²) in [7, 11) is 0. The molecule has 1 aliphatic rings. The van der Waals surface area contributed by atoms with Gasteiger partial charge in [0.25, 0.3) is 0 Å². The molecule has 0 aromatic heterocycles. The topological polar surface area (TPSA) is 76.8 Å². The number of carbonyl (C=O) groups is 1. The predicted octanol–water partition coefficient (Wildman–Crippen LogP) is 1.73. The van der Waals surface area contributed by atoms with Crippen LogP contribution in [0.1, 0.15) is 47.0 Å². The van der Waals surface area contributed by atoms with Crippen molar-refractivity contribution in [3.8, 4) is 0 Å². The fraction of sp³-hybridized carbons (Fsp3) is 0.938. The van der Waals surface area contributed by atoms with Crippen molar-refractivity contribution >= 4 is 6.09 Å². The normalized spacial score (nSPS) is 20.2. The Kier molecular flexibility index (Phi) is 8.14. The number of nitrogens with two attached hydrogens (primary N) is 1. The summed E-state index contributed by atoms with van der Waals surface area (Å²) < 4.78 is 10.9. The van der Waals surface area contributed by atoms with Crippen molar-refractivity contribution < 1.29 is 14.3 Å². The molecule has 1 heterocycles. The highest BCUT2D eigenvalue weighted by molar-refractivity contribution is 5.67. The summed E-state index contributed by atoms with van der Waals surface area (Å²) >= 11 is 0. The second kappa shape index (κ2) is 9.33. The minimum Gasteiger partial charge on any atom is -0.444 e. The zero-order valence-corrected chi connectivity index (χ0v) is 14.6. The zero-order valence-electron chi connectivity index (χ0n) is 14.6. The van der Waals surface area contributed by atoms with Gasteiger partial charge in [-0.15, -0.1) is 0 Å². The van der Waals surface area contributed by atoms with Gasteiger partial charge in [-0.05, 0) is 46.6 Å². The number of amides is 1. The number of rotatable bonds is 8. The van der Waals surface area contributed by atoms with Gasteiger partial charge >= 0.3 is 6.09 Å². The third-order valence-electron chi connectivity index (χ3n) is 3.80. The SMILES string of the molecule is CCN(CC1CCCO1)C(CN)CCNC(=O)OC(C)(C)C. The van der Waals surface area contributed by atoms with Gasteiger partial charge in [-0.1, -0.05) is 6.92 Å². The molecule has 0 aromatic carbocycles. The zero-order chi connectivity index (χ0) is 16.6. The van der Waals surface area contributed by atoms with Gasteiger partial charge in [-0.2, -0.15) is 0 Å². The quantitative estimate of drug-likeness (QED) is 0.713. The van der Waals surface area contributed by atoms with Gasteiger partial charge in [0.15, 0.2) is 0 Å². The van der Waals surface area contributed by atoms with E-state index < -0.39 is 5.60 Å². The fourth-order valence-electron chi connectivity index (χ4n) is 2.69. The lowest BCUT2D eigenvalue weighted by molar-refractivity contribution is 0.0494. The minimum absolute atomic E-state index is 0.254. The van der Waals surface area contributed by atoms with Crippen molar-refractivity contribution in [2.45, 2.75) is 64.7 Å². The summed E-state index contributed by atoms with van der Waals surface area (Å²) in [5.74, 6) is 0. The van der Waals surface area contributed by atoms with Gasteiger partial charge in [0.2, 0.25) is 0 Å². The molecule has 3 N–H and O–H groups in total. The first-order valence-corrected chi connectivity index (χ1v) is 8.38. The van der Waals surface area contributed by atoms with Gasteiger partial charge in [-0.25, -0.2) is 4.79 Å². The van der Waals surface area contributed by atoms with Gasteiger partial charge < -0.3 is 20.5 Å². The lowest BCUT2D eigenvalue weighted by Gasteiger charge is -2.31. The van der Waals surface area contributed by atoms with Crippen LogP contribution in [0.5, 0.6) is 0 Å². The van der Waals surface area contributed by atoms with Crippen LogP contribution in [0, 0.1) is 0 Å². The number of nitrogens with one attached hydrogen (secondary N) is 1. The van der Waals surface area contributed by atoms with Crippen LogP contribution in [0.2, 0.25) is 0 Å². The lowest BCUT2D eigenvalue weighted by atomic mass is 10.1. The second-order valence-corrected chi connectivity index (χ2v) is 6.83. The van der Waals surface area contributed by atoms with E-state index in [2.05, 4.69) is 17.1 Å². The van der Waals surface area contributed by atoms with Crippen molar-refractivity contribution in [1.82, 2.24) is 10.2 Å². The Morgan fingerprint density at radius 2 is 2.23 bits per heavy atom. The van der Waals surface area contributed by atoms with E-state index in [1.807, 2.05) is 20.8 Å². The maximum Gasteiger partial charge on any atom is 0.407 e. The first-order valence-electron chi connectivity index (χ1n) is 8.38. The first-order chi connectivity index (χ1) is 10.4. The van der Waals surface area contributed by atoms with Crippen LogP contribution in [-0.2, 0) is 9.47 Å². The lowest BCUT2D eigenvalue weighted by Crippen LogP contribution is -2.46. The second-order valence-electron chi connectivity index (χ2n) is 6.83. The Morgan fingerprint density at radius 1 is 1.50 bits per heavy atom. The Morgan fingerprint density at radius 3 is 2.73 bits per heavy atom. The van der Waals surface area contributed by atoms with Crippen LogP contribution in [-0.4, -0.2) is 61.5 Å².